The zero-order valence-corrected chi connectivity index (χ0v) is 12.5. The molecule has 0 spiro atoms. The molecule has 1 unspecified atom stereocenters. The largest absolute Gasteiger partial charge is 0.504 e. The molecular weight excluding hydrogens is 290 g/mol. The molecule has 0 fully saturated rings. The lowest BCUT2D eigenvalue weighted by Crippen LogP contribution is -2.15. The second-order valence-electron chi connectivity index (χ2n) is 4.55. The summed E-state index contributed by atoms with van der Waals surface area (Å²) in [5, 5.41) is 23.1. The quantitative estimate of drug-likeness (QED) is 0.763. The molecule has 0 bridgehead atoms. The summed E-state index contributed by atoms with van der Waals surface area (Å²) in [5.41, 5.74) is 1.63. The van der Waals surface area contributed by atoms with Crippen LogP contribution in [0, 0.1) is 0 Å². The molecule has 2 aromatic carbocycles. The SMILES string of the molecule is CCOc1cc(C(CO)Nc2cccc(Cl)c2)ccc1O. The maximum absolute atomic E-state index is 9.72. The highest BCUT2D eigenvalue weighted by molar-refractivity contribution is 6.30. The third kappa shape index (κ3) is 4.03. The molecular formula is C16H18ClNO3. The van der Waals surface area contributed by atoms with E-state index < -0.39 is 0 Å². The first-order valence-corrected chi connectivity index (χ1v) is 7.10. The second kappa shape index (κ2) is 7.20. The number of halogens is 1. The molecule has 0 saturated carbocycles. The fourth-order valence-corrected chi connectivity index (χ4v) is 2.22. The fourth-order valence-electron chi connectivity index (χ4n) is 2.03. The highest BCUT2D eigenvalue weighted by Crippen LogP contribution is 2.30. The molecule has 2 rings (SSSR count). The van der Waals surface area contributed by atoms with Gasteiger partial charge in [0.25, 0.3) is 0 Å². The van der Waals surface area contributed by atoms with Crippen molar-refractivity contribution >= 4 is 17.3 Å². The molecule has 112 valence electrons. The standard InChI is InChI=1S/C16H18ClNO3/c1-2-21-16-8-11(6-7-15(16)20)14(10-19)18-13-5-3-4-12(17)9-13/h3-9,14,18-20H,2,10H2,1H3. The predicted octanol–water partition coefficient (Wildman–Crippen LogP) is 3.59. The maximum Gasteiger partial charge on any atom is 0.161 e. The molecule has 0 aliphatic rings. The van der Waals surface area contributed by atoms with Gasteiger partial charge in [0.2, 0.25) is 0 Å². The smallest absolute Gasteiger partial charge is 0.161 e. The number of rotatable bonds is 6. The van der Waals surface area contributed by atoms with Gasteiger partial charge in [-0.3, -0.25) is 0 Å². The van der Waals surface area contributed by atoms with Gasteiger partial charge in [0, 0.05) is 10.7 Å². The minimum Gasteiger partial charge on any atom is -0.504 e. The van der Waals surface area contributed by atoms with E-state index >= 15 is 0 Å². The number of aromatic hydroxyl groups is 1. The number of phenolic OH excluding ortho intramolecular Hbond substituents is 1. The highest BCUT2D eigenvalue weighted by atomic mass is 35.5. The van der Waals surface area contributed by atoms with Crippen molar-refractivity contribution in [1.82, 2.24) is 0 Å². The van der Waals surface area contributed by atoms with Gasteiger partial charge in [-0.05, 0) is 42.8 Å². The molecule has 4 nitrogen and oxygen atoms in total. The Bertz CT molecular complexity index is 604. The minimum absolute atomic E-state index is 0.0834. The third-order valence-electron chi connectivity index (χ3n) is 3.03. The fraction of sp³-hybridized carbons (Fsp3) is 0.250. The Morgan fingerprint density at radius 1 is 1.24 bits per heavy atom. The summed E-state index contributed by atoms with van der Waals surface area (Å²) >= 11 is 5.95. The zero-order chi connectivity index (χ0) is 15.2. The molecule has 3 N–H and O–H groups in total. The summed E-state index contributed by atoms with van der Waals surface area (Å²) in [6.45, 7) is 2.21. The number of aliphatic hydroxyl groups is 1. The number of ether oxygens (including phenoxy) is 1. The van der Waals surface area contributed by atoms with Crippen molar-refractivity contribution < 1.29 is 14.9 Å². The zero-order valence-electron chi connectivity index (χ0n) is 11.7. The Hall–Kier alpha value is -1.91. The van der Waals surface area contributed by atoms with Crippen LogP contribution >= 0.6 is 11.6 Å². The van der Waals surface area contributed by atoms with Crippen LogP contribution in [-0.2, 0) is 0 Å². The molecule has 5 heteroatoms. The van der Waals surface area contributed by atoms with Crippen LogP contribution in [0.15, 0.2) is 42.5 Å². The number of anilines is 1. The average molecular weight is 308 g/mol. The Morgan fingerprint density at radius 3 is 2.71 bits per heavy atom. The van der Waals surface area contributed by atoms with Gasteiger partial charge in [-0.1, -0.05) is 23.7 Å². The van der Waals surface area contributed by atoms with Gasteiger partial charge in [-0.2, -0.15) is 0 Å². The molecule has 0 heterocycles. The van der Waals surface area contributed by atoms with E-state index in [4.69, 9.17) is 16.3 Å². The number of benzene rings is 2. The molecule has 0 aliphatic carbocycles. The van der Waals surface area contributed by atoms with Gasteiger partial charge in [0.1, 0.15) is 0 Å². The van der Waals surface area contributed by atoms with Crippen LogP contribution in [0.2, 0.25) is 5.02 Å². The molecule has 0 radical (unpaired) electrons. The van der Waals surface area contributed by atoms with Crippen LogP contribution in [0.4, 0.5) is 5.69 Å². The lowest BCUT2D eigenvalue weighted by atomic mass is 10.1. The molecule has 0 aromatic heterocycles. The lowest BCUT2D eigenvalue weighted by molar-refractivity contribution is 0.275. The first-order valence-electron chi connectivity index (χ1n) is 6.72. The van der Waals surface area contributed by atoms with Crippen LogP contribution in [0.25, 0.3) is 0 Å². The molecule has 21 heavy (non-hydrogen) atoms. The van der Waals surface area contributed by atoms with Gasteiger partial charge >= 0.3 is 0 Å². The Morgan fingerprint density at radius 2 is 2.05 bits per heavy atom. The lowest BCUT2D eigenvalue weighted by Gasteiger charge is -2.19. The Kier molecular flexibility index (Phi) is 5.31. The van der Waals surface area contributed by atoms with Gasteiger partial charge in [0.15, 0.2) is 11.5 Å². The van der Waals surface area contributed by atoms with Crippen molar-refractivity contribution in [1.29, 1.82) is 0 Å². The van der Waals surface area contributed by atoms with Crippen molar-refractivity contribution in [3.05, 3.63) is 53.1 Å². The van der Waals surface area contributed by atoms with Gasteiger partial charge in [0.05, 0.1) is 19.3 Å². The summed E-state index contributed by atoms with van der Waals surface area (Å²) in [4.78, 5) is 0. The second-order valence-corrected chi connectivity index (χ2v) is 4.99. The summed E-state index contributed by atoms with van der Waals surface area (Å²) in [7, 11) is 0. The van der Waals surface area contributed by atoms with E-state index in [1.807, 2.05) is 19.1 Å². The average Bonchev–Trinajstić information content (AvgIpc) is 2.47. The first-order chi connectivity index (χ1) is 10.1. The van der Waals surface area contributed by atoms with E-state index in [-0.39, 0.29) is 18.4 Å². The highest BCUT2D eigenvalue weighted by Gasteiger charge is 2.13. The van der Waals surface area contributed by atoms with Crippen LogP contribution in [0.5, 0.6) is 11.5 Å². The van der Waals surface area contributed by atoms with Gasteiger partial charge in [-0.25, -0.2) is 0 Å². The van der Waals surface area contributed by atoms with Crippen molar-refractivity contribution in [2.24, 2.45) is 0 Å². The van der Waals surface area contributed by atoms with E-state index in [2.05, 4.69) is 5.32 Å². The third-order valence-corrected chi connectivity index (χ3v) is 3.27. The maximum atomic E-state index is 9.72. The van der Waals surface area contributed by atoms with Crippen LogP contribution < -0.4 is 10.1 Å². The predicted molar refractivity (Wildman–Crippen MR) is 84.2 cm³/mol. The van der Waals surface area contributed by atoms with Crippen LogP contribution in [-0.4, -0.2) is 23.4 Å². The van der Waals surface area contributed by atoms with Crippen molar-refractivity contribution in [3.8, 4) is 11.5 Å². The van der Waals surface area contributed by atoms with Gasteiger partial charge in [-0.15, -0.1) is 0 Å². The van der Waals surface area contributed by atoms with Crippen LogP contribution in [0.1, 0.15) is 18.5 Å². The summed E-state index contributed by atoms with van der Waals surface area (Å²) in [6.07, 6.45) is 0. The number of phenols is 1. The summed E-state index contributed by atoms with van der Waals surface area (Å²) < 4.78 is 5.36. The van der Waals surface area contributed by atoms with E-state index in [9.17, 15) is 10.2 Å². The van der Waals surface area contributed by atoms with E-state index in [1.165, 1.54) is 0 Å². The number of nitrogens with one attached hydrogen (secondary N) is 1. The Labute approximate surface area is 129 Å². The topological polar surface area (TPSA) is 61.7 Å². The normalized spacial score (nSPS) is 12.0. The van der Waals surface area contributed by atoms with Crippen molar-refractivity contribution in [2.75, 3.05) is 18.5 Å². The van der Waals surface area contributed by atoms with E-state index in [0.29, 0.717) is 17.4 Å². The summed E-state index contributed by atoms with van der Waals surface area (Å²) in [5.74, 6) is 0.487. The van der Waals surface area contributed by atoms with Crippen LogP contribution in [0.3, 0.4) is 0 Å². The van der Waals surface area contributed by atoms with Crippen molar-refractivity contribution in [2.45, 2.75) is 13.0 Å². The van der Waals surface area contributed by atoms with E-state index in [1.54, 1.807) is 30.3 Å². The minimum atomic E-state index is -0.316. The van der Waals surface area contributed by atoms with E-state index in [0.717, 1.165) is 11.3 Å². The molecule has 0 amide bonds. The number of hydrogen-bond acceptors (Lipinski definition) is 4. The molecule has 2 aromatic rings. The monoisotopic (exact) mass is 307 g/mol. The Balaban J connectivity index is 2.22. The number of aliphatic hydroxyl groups excluding tert-OH is 1. The molecule has 1 atom stereocenters. The molecule has 0 saturated heterocycles. The van der Waals surface area contributed by atoms with Gasteiger partial charge < -0.3 is 20.3 Å². The summed E-state index contributed by atoms with van der Waals surface area (Å²) in [6, 6.07) is 12.0. The first kappa shape index (κ1) is 15.5. The van der Waals surface area contributed by atoms with Crippen molar-refractivity contribution in [3.63, 3.8) is 0 Å². The molecule has 0 aliphatic heterocycles. The number of hydrogen-bond donors (Lipinski definition) is 3.